The zero-order valence-electron chi connectivity index (χ0n) is 11.4. The number of benzene rings is 1. The second-order valence-corrected chi connectivity index (χ2v) is 5.38. The average molecular weight is 333 g/mol. The van der Waals surface area contributed by atoms with E-state index in [1.807, 2.05) is 10.7 Å². The Balaban J connectivity index is 2.08. The first kappa shape index (κ1) is 13.0. The molecule has 3 aromatic rings. The molecule has 0 saturated carbocycles. The molecule has 0 saturated heterocycles. The van der Waals surface area contributed by atoms with Crippen LogP contribution >= 0.6 is 15.9 Å². The lowest BCUT2D eigenvalue weighted by molar-refractivity contribution is 0.630. The highest BCUT2D eigenvalue weighted by atomic mass is 79.9. The molecule has 7 heteroatoms. The van der Waals surface area contributed by atoms with Gasteiger partial charge in [-0.2, -0.15) is 9.90 Å². The maximum atomic E-state index is 4.40. The number of rotatable bonds is 2. The summed E-state index contributed by atoms with van der Waals surface area (Å²) in [4.78, 5) is 1.43. The lowest BCUT2D eigenvalue weighted by Crippen LogP contribution is -1.98. The molecule has 2 aromatic heterocycles. The van der Waals surface area contributed by atoms with Gasteiger partial charge in [-0.15, -0.1) is 10.2 Å². The van der Waals surface area contributed by atoms with Crippen LogP contribution in [0.3, 0.4) is 0 Å². The Morgan fingerprint density at radius 1 is 1.15 bits per heavy atom. The van der Waals surface area contributed by atoms with Crippen molar-refractivity contribution in [3.8, 4) is 17.1 Å². The van der Waals surface area contributed by atoms with Gasteiger partial charge in [0, 0.05) is 0 Å². The highest BCUT2D eigenvalue weighted by Crippen LogP contribution is 2.27. The summed E-state index contributed by atoms with van der Waals surface area (Å²) in [6, 6.07) is 6.22. The van der Waals surface area contributed by atoms with Gasteiger partial charge in [0.2, 0.25) is 5.82 Å². The van der Waals surface area contributed by atoms with E-state index in [-0.39, 0.29) is 0 Å². The lowest BCUT2D eigenvalue weighted by atomic mass is 10.1. The van der Waals surface area contributed by atoms with E-state index in [9.17, 15) is 0 Å². The van der Waals surface area contributed by atoms with Gasteiger partial charge in [-0.3, -0.25) is 0 Å². The predicted molar refractivity (Wildman–Crippen MR) is 78.5 cm³/mol. The Bertz CT molecular complexity index is 773. The number of halogens is 1. The van der Waals surface area contributed by atoms with Crippen LogP contribution in [0.4, 0.5) is 0 Å². The van der Waals surface area contributed by atoms with Gasteiger partial charge < -0.3 is 0 Å². The number of nitrogens with zero attached hydrogens (tertiary/aromatic N) is 6. The molecular weight excluding hydrogens is 320 g/mol. The van der Waals surface area contributed by atoms with Crippen molar-refractivity contribution >= 4 is 15.9 Å². The van der Waals surface area contributed by atoms with Gasteiger partial charge in [0.25, 0.3) is 0 Å². The summed E-state index contributed by atoms with van der Waals surface area (Å²) in [5.41, 5.74) is 4.29. The van der Waals surface area contributed by atoms with Crippen molar-refractivity contribution < 1.29 is 0 Å². The average Bonchev–Trinajstić information content (AvgIpc) is 2.99. The van der Waals surface area contributed by atoms with Crippen LogP contribution in [-0.2, 0) is 7.05 Å². The second-order valence-electron chi connectivity index (χ2n) is 4.63. The monoisotopic (exact) mass is 332 g/mol. The van der Waals surface area contributed by atoms with Crippen molar-refractivity contribution in [3.63, 3.8) is 0 Å². The molecule has 0 aliphatic heterocycles. The summed E-state index contributed by atoms with van der Waals surface area (Å²) in [5.74, 6) is 0.550. The summed E-state index contributed by atoms with van der Waals surface area (Å²) in [7, 11) is 1.73. The van der Waals surface area contributed by atoms with Crippen LogP contribution in [0.15, 0.2) is 29.0 Å². The number of aryl methyl sites for hydroxylation is 3. The fourth-order valence-electron chi connectivity index (χ4n) is 1.91. The molecule has 0 aliphatic rings. The second kappa shape index (κ2) is 4.82. The maximum absolute atomic E-state index is 4.40. The van der Waals surface area contributed by atoms with Gasteiger partial charge in [0.15, 0.2) is 0 Å². The molecule has 20 heavy (non-hydrogen) atoms. The third kappa shape index (κ3) is 2.14. The molecule has 0 radical (unpaired) electrons. The SMILES string of the molecule is Cc1ccc(-n2ncc(-c3nnn(C)n3)c2Br)cc1C. The topological polar surface area (TPSA) is 61.4 Å². The van der Waals surface area contributed by atoms with Crippen LogP contribution in [0.2, 0.25) is 0 Å². The smallest absolute Gasteiger partial charge is 0.209 e. The van der Waals surface area contributed by atoms with Crippen molar-refractivity contribution in [3.05, 3.63) is 40.1 Å². The van der Waals surface area contributed by atoms with Crippen LogP contribution in [0.5, 0.6) is 0 Å². The van der Waals surface area contributed by atoms with Crippen molar-refractivity contribution in [1.82, 2.24) is 30.0 Å². The first-order chi connectivity index (χ1) is 9.56. The minimum Gasteiger partial charge on any atom is -0.226 e. The third-order valence-corrected chi connectivity index (χ3v) is 3.96. The van der Waals surface area contributed by atoms with E-state index in [1.165, 1.54) is 15.9 Å². The molecule has 0 N–H and O–H groups in total. The molecule has 0 unspecified atom stereocenters. The van der Waals surface area contributed by atoms with E-state index in [2.05, 4.69) is 62.4 Å². The Morgan fingerprint density at radius 3 is 2.60 bits per heavy atom. The molecule has 0 bridgehead atoms. The lowest BCUT2D eigenvalue weighted by Gasteiger charge is -2.06. The fourth-order valence-corrected chi connectivity index (χ4v) is 2.49. The van der Waals surface area contributed by atoms with Crippen molar-refractivity contribution in [2.75, 3.05) is 0 Å². The number of aromatic nitrogens is 6. The molecule has 0 aliphatic carbocycles. The van der Waals surface area contributed by atoms with Gasteiger partial charge in [-0.05, 0) is 58.3 Å². The van der Waals surface area contributed by atoms with Gasteiger partial charge in [-0.25, -0.2) is 4.68 Å². The summed E-state index contributed by atoms with van der Waals surface area (Å²) in [6.45, 7) is 4.17. The summed E-state index contributed by atoms with van der Waals surface area (Å²) >= 11 is 3.56. The summed E-state index contributed by atoms with van der Waals surface area (Å²) in [5, 5.41) is 16.4. The minimum absolute atomic E-state index is 0.550. The van der Waals surface area contributed by atoms with Gasteiger partial charge in [0.05, 0.1) is 24.5 Å². The standard InChI is InChI=1S/C13H13BrN6/c1-8-4-5-10(6-9(8)2)20-12(14)11(7-15-20)13-16-18-19(3)17-13/h4-7H,1-3H3. The number of hydrogen-bond donors (Lipinski definition) is 0. The van der Waals surface area contributed by atoms with E-state index in [1.54, 1.807) is 13.2 Å². The van der Waals surface area contributed by atoms with Crippen molar-refractivity contribution in [1.29, 1.82) is 0 Å². The molecule has 0 spiro atoms. The quantitative estimate of drug-likeness (QED) is 0.723. The zero-order valence-corrected chi connectivity index (χ0v) is 13.0. The Labute approximate surface area is 124 Å². The van der Waals surface area contributed by atoms with E-state index in [0.717, 1.165) is 15.9 Å². The van der Waals surface area contributed by atoms with Crippen LogP contribution in [0, 0.1) is 13.8 Å². The minimum atomic E-state index is 0.550. The van der Waals surface area contributed by atoms with Gasteiger partial charge in [-0.1, -0.05) is 6.07 Å². The fraction of sp³-hybridized carbons (Fsp3) is 0.231. The van der Waals surface area contributed by atoms with Gasteiger partial charge in [0.1, 0.15) is 4.60 Å². The maximum Gasteiger partial charge on any atom is 0.209 e. The van der Waals surface area contributed by atoms with E-state index in [4.69, 9.17) is 0 Å². The molecule has 2 heterocycles. The molecule has 0 amide bonds. The highest BCUT2D eigenvalue weighted by molar-refractivity contribution is 9.10. The largest absolute Gasteiger partial charge is 0.226 e. The molecule has 3 rings (SSSR count). The molecule has 102 valence electrons. The zero-order chi connectivity index (χ0) is 14.3. The van der Waals surface area contributed by atoms with Crippen LogP contribution in [-0.4, -0.2) is 30.0 Å². The highest BCUT2D eigenvalue weighted by Gasteiger charge is 2.15. The predicted octanol–water partition coefficient (Wildman–Crippen LogP) is 2.44. The van der Waals surface area contributed by atoms with Crippen LogP contribution in [0.1, 0.15) is 11.1 Å². The molecule has 0 fully saturated rings. The van der Waals surface area contributed by atoms with E-state index < -0.39 is 0 Å². The third-order valence-electron chi connectivity index (χ3n) is 3.19. The van der Waals surface area contributed by atoms with E-state index >= 15 is 0 Å². The van der Waals surface area contributed by atoms with Gasteiger partial charge >= 0.3 is 0 Å². The van der Waals surface area contributed by atoms with Crippen LogP contribution in [0.25, 0.3) is 17.1 Å². The first-order valence-electron chi connectivity index (χ1n) is 6.12. The van der Waals surface area contributed by atoms with Crippen LogP contribution < -0.4 is 0 Å². The Morgan fingerprint density at radius 2 is 1.95 bits per heavy atom. The Hall–Kier alpha value is -2.02. The summed E-state index contributed by atoms with van der Waals surface area (Å²) < 4.78 is 2.63. The first-order valence-corrected chi connectivity index (χ1v) is 6.91. The number of tetrazole rings is 1. The Kier molecular flexibility index (Phi) is 3.13. The summed E-state index contributed by atoms with van der Waals surface area (Å²) in [6.07, 6.45) is 1.73. The molecule has 1 aromatic carbocycles. The van der Waals surface area contributed by atoms with Crippen molar-refractivity contribution in [2.24, 2.45) is 7.05 Å². The number of hydrogen-bond acceptors (Lipinski definition) is 4. The molecule has 6 nitrogen and oxygen atoms in total. The van der Waals surface area contributed by atoms with E-state index in [0.29, 0.717) is 5.82 Å². The molecular formula is C13H13BrN6. The molecule has 0 atom stereocenters. The normalized spacial score (nSPS) is 11.0. The van der Waals surface area contributed by atoms with Crippen molar-refractivity contribution in [2.45, 2.75) is 13.8 Å².